The molecule has 21 heavy (non-hydrogen) atoms. The van der Waals surface area contributed by atoms with Gasteiger partial charge in [0.25, 0.3) is 5.91 Å². The lowest BCUT2D eigenvalue weighted by Crippen LogP contribution is -2.03. The molecule has 0 radical (unpaired) electrons. The summed E-state index contributed by atoms with van der Waals surface area (Å²) in [7, 11) is 0. The second kappa shape index (κ2) is 4.59. The number of aromatic carboxylic acids is 1. The first-order valence-electron chi connectivity index (χ1n) is 6.21. The molecule has 1 aliphatic rings. The maximum absolute atomic E-state index is 13.3. The van der Waals surface area contributed by atoms with E-state index in [0.29, 0.717) is 28.1 Å². The quantitative estimate of drug-likeness (QED) is 0.742. The van der Waals surface area contributed by atoms with Crippen LogP contribution in [0.4, 0.5) is 10.1 Å². The number of fused-ring (bicyclic) bond motifs is 1. The highest BCUT2D eigenvalue weighted by Gasteiger charge is 2.25. The van der Waals surface area contributed by atoms with E-state index in [0.717, 1.165) is 0 Å². The fourth-order valence-corrected chi connectivity index (χ4v) is 2.33. The van der Waals surface area contributed by atoms with Gasteiger partial charge in [-0.2, -0.15) is 0 Å². The predicted molar refractivity (Wildman–Crippen MR) is 75.4 cm³/mol. The van der Waals surface area contributed by atoms with Crippen LogP contribution in [0.15, 0.2) is 24.4 Å². The van der Waals surface area contributed by atoms with E-state index < -0.39 is 11.8 Å². The minimum atomic E-state index is -1.05. The highest BCUT2D eigenvalue weighted by molar-refractivity contribution is 6.34. The van der Waals surface area contributed by atoms with E-state index >= 15 is 0 Å². The summed E-state index contributed by atoms with van der Waals surface area (Å²) in [5, 5.41) is 11.7. The Balaban J connectivity index is 2.11. The Labute approximate surface area is 119 Å². The van der Waals surface area contributed by atoms with Crippen molar-refractivity contribution in [1.29, 1.82) is 0 Å². The van der Waals surface area contributed by atoms with Crippen LogP contribution >= 0.6 is 0 Å². The van der Waals surface area contributed by atoms with Gasteiger partial charge < -0.3 is 15.4 Å². The van der Waals surface area contributed by atoms with Gasteiger partial charge in [0, 0.05) is 23.1 Å². The van der Waals surface area contributed by atoms with E-state index in [1.54, 1.807) is 6.92 Å². The number of hydrogen-bond donors (Lipinski definition) is 3. The number of carboxylic acids is 1. The number of carboxylic acid groups (broad SMARTS) is 1. The van der Waals surface area contributed by atoms with E-state index in [-0.39, 0.29) is 11.5 Å². The van der Waals surface area contributed by atoms with Crippen LogP contribution in [0.2, 0.25) is 0 Å². The number of rotatable bonds is 2. The smallest absolute Gasteiger partial charge is 0.337 e. The standard InChI is InChI=1S/C15H11FN2O3/c1-7-11(15(20)21)6-17-13(7)5-10-9-4-8(16)2-3-12(9)18-14(10)19/h2-6,17H,1H3,(H,18,19)(H,20,21)/b10-5-. The summed E-state index contributed by atoms with van der Waals surface area (Å²) in [5.74, 6) is -1.83. The van der Waals surface area contributed by atoms with E-state index in [2.05, 4.69) is 10.3 Å². The van der Waals surface area contributed by atoms with E-state index in [4.69, 9.17) is 5.11 Å². The lowest BCUT2D eigenvalue weighted by Gasteiger charge is -1.99. The molecule has 0 saturated carbocycles. The zero-order valence-electron chi connectivity index (χ0n) is 11.0. The normalized spacial score (nSPS) is 15.1. The highest BCUT2D eigenvalue weighted by atomic mass is 19.1. The number of H-pyrrole nitrogens is 1. The molecule has 0 spiro atoms. The first-order valence-corrected chi connectivity index (χ1v) is 6.21. The topological polar surface area (TPSA) is 82.2 Å². The van der Waals surface area contributed by atoms with Crippen LogP contribution in [0.5, 0.6) is 0 Å². The lowest BCUT2D eigenvalue weighted by atomic mass is 10.0. The molecule has 1 aromatic heterocycles. The van der Waals surface area contributed by atoms with Gasteiger partial charge >= 0.3 is 5.97 Å². The minimum Gasteiger partial charge on any atom is -0.478 e. The molecule has 1 aromatic carbocycles. The number of benzene rings is 1. The second-order valence-electron chi connectivity index (χ2n) is 4.75. The summed E-state index contributed by atoms with van der Waals surface area (Å²) in [6, 6.07) is 4.04. The third kappa shape index (κ3) is 2.10. The van der Waals surface area contributed by atoms with Crippen molar-refractivity contribution in [2.75, 3.05) is 5.32 Å². The van der Waals surface area contributed by atoms with Crippen LogP contribution < -0.4 is 5.32 Å². The number of carbonyl (C=O) groups excluding carboxylic acids is 1. The molecule has 3 rings (SSSR count). The lowest BCUT2D eigenvalue weighted by molar-refractivity contribution is -0.110. The van der Waals surface area contributed by atoms with Crippen molar-refractivity contribution in [3.8, 4) is 0 Å². The Morgan fingerprint density at radius 2 is 2.14 bits per heavy atom. The average molecular weight is 286 g/mol. The van der Waals surface area contributed by atoms with Crippen molar-refractivity contribution in [3.05, 3.63) is 52.6 Å². The number of halogens is 1. The highest BCUT2D eigenvalue weighted by Crippen LogP contribution is 2.33. The largest absolute Gasteiger partial charge is 0.478 e. The summed E-state index contributed by atoms with van der Waals surface area (Å²) in [4.78, 5) is 25.8. The van der Waals surface area contributed by atoms with Crippen LogP contribution in [0.3, 0.4) is 0 Å². The SMILES string of the molecule is Cc1c(C(=O)O)c[nH]c1/C=C1\C(=O)Nc2ccc(F)cc21. The van der Waals surface area contributed by atoms with Crippen molar-refractivity contribution in [1.82, 2.24) is 4.98 Å². The molecule has 106 valence electrons. The van der Waals surface area contributed by atoms with Crippen molar-refractivity contribution >= 4 is 29.2 Å². The fraction of sp³-hybridized carbons (Fsp3) is 0.0667. The van der Waals surface area contributed by atoms with Gasteiger partial charge in [-0.05, 0) is 36.8 Å². The van der Waals surface area contributed by atoms with E-state index in [1.165, 1.54) is 30.5 Å². The van der Waals surface area contributed by atoms with Gasteiger partial charge in [-0.3, -0.25) is 4.79 Å². The molecule has 3 N–H and O–H groups in total. The van der Waals surface area contributed by atoms with Crippen molar-refractivity contribution in [2.24, 2.45) is 0 Å². The Kier molecular flexibility index (Phi) is 2.86. The molecule has 0 unspecified atom stereocenters. The maximum Gasteiger partial charge on any atom is 0.337 e. The van der Waals surface area contributed by atoms with Crippen molar-refractivity contribution < 1.29 is 19.1 Å². The molecule has 0 saturated heterocycles. The van der Waals surface area contributed by atoms with Crippen LogP contribution in [0.25, 0.3) is 11.6 Å². The predicted octanol–water partition coefficient (Wildman–Crippen LogP) is 2.65. The van der Waals surface area contributed by atoms with Crippen molar-refractivity contribution in [2.45, 2.75) is 6.92 Å². The van der Waals surface area contributed by atoms with Crippen molar-refractivity contribution in [3.63, 3.8) is 0 Å². The Morgan fingerprint density at radius 3 is 2.81 bits per heavy atom. The zero-order chi connectivity index (χ0) is 15.1. The molecule has 6 heteroatoms. The van der Waals surface area contributed by atoms with Crippen LogP contribution in [0, 0.1) is 12.7 Å². The molecule has 2 heterocycles. The Bertz CT molecular complexity index is 805. The molecule has 0 fully saturated rings. The second-order valence-corrected chi connectivity index (χ2v) is 4.75. The van der Waals surface area contributed by atoms with Gasteiger partial charge in [-0.15, -0.1) is 0 Å². The monoisotopic (exact) mass is 286 g/mol. The maximum atomic E-state index is 13.3. The summed E-state index contributed by atoms with van der Waals surface area (Å²) < 4.78 is 13.3. The number of amides is 1. The summed E-state index contributed by atoms with van der Waals surface area (Å²) in [5.41, 5.74) is 2.47. The van der Waals surface area contributed by atoms with Gasteiger partial charge in [0.15, 0.2) is 0 Å². The number of hydrogen-bond acceptors (Lipinski definition) is 2. The van der Waals surface area contributed by atoms with Gasteiger partial charge in [0.2, 0.25) is 0 Å². The van der Waals surface area contributed by atoms with E-state index in [1.807, 2.05) is 0 Å². The molecule has 1 aliphatic heterocycles. The molecular weight excluding hydrogens is 275 g/mol. The molecule has 0 atom stereocenters. The molecular formula is C15H11FN2O3. The van der Waals surface area contributed by atoms with E-state index in [9.17, 15) is 14.0 Å². The molecule has 0 bridgehead atoms. The molecule has 1 amide bonds. The summed E-state index contributed by atoms with van der Waals surface area (Å²) in [6.07, 6.45) is 2.89. The Hall–Kier alpha value is -2.89. The summed E-state index contributed by atoms with van der Waals surface area (Å²) in [6.45, 7) is 1.64. The number of aromatic amines is 1. The summed E-state index contributed by atoms with van der Waals surface area (Å²) >= 11 is 0. The van der Waals surface area contributed by atoms with Crippen LogP contribution in [-0.4, -0.2) is 22.0 Å². The van der Waals surface area contributed by atoms with Gasteiger partial charge in [-0.25, -0.2) is 9.18 Å². The zero-order valence-corrected chi connectivity index (χ0v) is 11.0. The molecule has 0 aliphatic carbocycles. The number of anilines is 1. The average Bonchev–Trinajstić information content (AvgIpc) is 2.93. The molecule has 2 aromatic rings. The molecule has 5 nitrogen and oxygen atoms in total. The minimum absolute atomic E-state index is 0.139. The first kappa shape index (κ1) is 13.1. The van der Waals surface area contributed by atoms with Gasteiger partial charge in [0.1, 0.15) is 5.82 Å². The van der Waals surface area contributed by atoms with Gasteiger partial charge in [-0.1, -0.05) is 0 Å². The third-order valence-corrected chi connectivity index (χ3v) is 3.46. The fourth-order valence-electron chi connectivity index (χ4n) is 2.33. The first-order chi connectivity index (χ1) is 9.97. The van der Waals surface area contributed by atoms with Crippen LogP contribution in [0.1, 0.15) is 27.2 Å². The van der Waals surface area contributed by atoms with Gasteiger partial charge in [0.05, 0.1) is 11.1 Å². The number of carbonyl (C=O) groups is 2. The van der Waals surface area contributed by atoms with Crippen LogP contribution in [-0.2, 0) is 4.79 Å². The third-order valence-electron chi connectivity index (χ3n) is 3.46. The number of nitrogens with one attached hydrogen (secondary N) is 2. The number of aromatic nitrogens is 1. The Morgan fingerprint density at radius 1 is 1.38 bits per heavy atom.